The molecule has 2 fully saturated rings. The molecule has 0 aromatic carbocycles. The van der Waals surface area contributed by atoms with Crippen LogP contribution in [0.5, 0.6) is 0 Å². The van der Waals surface area contributed by atoms with Crippen molar-refractivity contribution in [3.63, 3.8) is 0 Å². The van der Waals surface area contributed by atoms with Gasteiger partial charge in [-0.1, -0.05) is 0 Å². The first kappa shape index (κ1) is 11.8. The van der Waals surface area contributed by atoms with Crippen LogP contribution in [0.3, 0.4) is 0 Å². The van der Waals surface area contributed by atoms with Crippen LogP contribution in [0.2, 0.25) is 0 Å². The summed E-state index contributed by atoms with van der Waals surface area (Å²) in [6, 6.07) is 1.74. The second-order valence-corrected chi connectivity index (χ2v) is 7.02. The van der Waals surface area contributed by atoms with Gasteiger partial charge in [-0.05, 0) is 32.2 Å². The minimum absolute atomic E-state index is 0.362. The van der Waals surface area contributed by atoms with Crippen LogP contribution in [-0.2, 0) is 10.0 Å². The molecule has 2 heterocycles. The van der Waals surface area contributed by atoms with Crippen molar-refractivity contribution in [2.45, 2.75) is 19.4 Å². The first-order valence-electron chi connectivity index (χ1n) is 5.48. The Hall–Kier alpha value is -0.640. The van der Waals surface area contributed by atoms with E-state index in [1.165, 1.54) is 4.31 Å². The zero-order valence-corrected chi connectivity index (χ0v) is 10.4. The quantitative estimate of drug-likeness (QED) is 0.727. The molecule has 2 saturated heterocycles. The fourth-order valence-corrected chi connectivity index (χ4v) is 4.61. The van der Waals surface area contributed by atoms with Gasteiger partial charge in [0.1, 0.15) is 0 Å². The van der Waals surface area contributed by atoms with Crippen LogP contribution in [0.25, 0.3) is 0 Å². The number of nitrogens with one attached hydrogen (secondary N) is 1. The number of hydrogen-bond donors (Lipinski definition) is 1. The van der Waals surface area contributed by atoms with Crippen molar-refractivity contribution >= 4 is 10.0 Å². The van der Waals surface area contributed by atoms with E-state index in [1.54, 1.807) is 6.07 Å². The van der Waals surface area contributed by atoms with E-state index in [0.29, 0.717) is 18.4 Å². The predicted octanol–water partition coefficient (Wildman–Crippen LogP) is -0.230. The zero-order chi connectivity index (χ0) is 12.0. The van der Waals surface area contributed by atoms with Gasteiger partial charge in [-0.25, -0.2) is 8.42 Å². The van der Waals surface area contributed by atoms with Crippen LogP contribution in [0.15, 0.2) is 0 Å². The lowest BCUT2D eigenvalue weighted by Crippen LogP contribution is -2.48. The van der Waals surface area contributed by atoms with E-state index < -0.39 is 15.8 Å². The van der Waals surface area contributed by atoms with Gasteiger partial charge in [0.15, 0.2) is 5.75 Å². The first-order chi connectivity index (χ1) is 7.39. The van der Waals surface area contributed by atoms with Gasteiger partial charge >= 0.3 is 0 Å². The van der Waals surface area contributed by atoms with Crippen molar-refractivity contribution in [2.75, 3.05) is 25.4 Å². The van der Waals surface area contributed by atoms with Crippen LogP contribution in [-0.4, -0.2) is 43.6 Å². The monoisotopic (exact) mass is 243 g/mol. The molecule has 0 aromatic rings. The van der Waals surface area contributed by atoms with Crippen molar-refractivity contribution in [3.05, 3.63) is 0 Å². The van der Waals surface area contributed by atoms with Gasteiger partial charge in [0.05, 0.1) is 6.07 Å². The number of nitrogens with zero attached hydrogens (tertiary/aromatic N) is 2. The second kappa shape index (κ2) is 3.69. The van der Waals surface area contributed by atoms with Crippen molar-refractivity contribution < 1.29 is 8.42 Å². The second-order valence-electron chi connectivity index (χ2n) is 5.12. The van der Waals surface area contributed by atoms with Crippen molar-refractivity contribution in [1.82, 2.24) is 9.62 Å². The SMILES string of the molecule is CC1(C)C2CNCC2CN1S(=O)(=O)CC#N. The summed E-state index contributed by atoms with van der Waals surface area (Å²) in [5.41, 5.74) is -0.371. The van der Waals surface area contributed by atoms with Crippen LogP contribution in [0.1, 0.15) is 13.8 Å². The van der Waals surface area contributed by atoms with Gasteiger partial charge < -0.3 is 5.32 Å². The molecule has 0 spiro atoms. The minimum Gasteiger partial charge on any atom is -0.316 e. The van der Waals surface area contributed by atoms with Gasteiger partial charge in [-0.3, -0.25) is 0 Å². The molecular formula is C10H17N3O2S. The van der Waals surface area contributed by atoms with Gasteiger partial charge in [0.25, 0.3) is 0 Å². The van der Waals surface area contributed by atoms with Crippen LogP contribution in [0, 0.1) is 23.2 Å². The highest BCUT2D eigenvalue weighted by Crippen LogP contribution is 2.42. The molecule has 0 saturated carbocycles. The van der Waals surface area contributed by atoms with E-state index in [9.17, 15) is 8.42 Å². The Morgan fingerprint density at radius 3 is 2.75 bits per heavy atom. The standard InChI is InChI=1S/C10H17N3O2S/c1-10(2)9-6-12-5-8(9)7-13(10)16(14,15)4-3-11/h8-9,12H,4-7H2,1-2H3. The molecule has 1 N–H and O–H groups in total. The maximum absolute atomic E-state index is 12.0. The smallest absolute Gasteiger partial charge is 0.228 e. The molecule has 2 atom stereocenters. The summed E-state index contributed by atoms with van der Waals surface area (Å²) in [6.07, 6.45) is 0. The molecule has 0 radical (unpaired) electrons. The molecule has 0 aliphatic carbocycles. The topological polar surface area (TPSA) is 73.2 Å². The predicted molar refractivity (Wildman–Crippen MR) is 60.0 cm³/mol. The number of rotatable bonds is 2. The summed E-state index contributed by atoms with van der Waals surface area (Å²) >= 11 is 0. The molecule has 16 heavy (non-hydrogen) atoms. The molecule has 2 aliphatic heterocycles. The van der Waals surface area contributed by atoms with E-state index in [1.807, 2.05) is 13.8 Å². The average molecular weight is 243 g/mol. The molecule has 2 aliphatic rings. The van der Waals surface area contributed by atoms with Crippen molar-refractivity contribution in [3.8, 4) is 6.07 Å². The molecular weight excluding hydrogens is 226 g/mol. The lowest BCUT2D eigenvalue weighted by atomic mass is 9.85. The Morgan fingerprint density at radius 2 is 2.19 bits per heavy atom. The Labute approximate surface area is 96.5 Å². The fourth-order valence-electron chi connectivity index (χ4n) is 3.02. The lowest BCUT2D eigenvalue weighted by molar-refractivity contribution is 0.234. The third-order valence-corrected chi connectivity index (χ3v) is 5.66. The molecule has 0 bridgehead atoms. The minimum atomic E-state index is -3.42. The van der Waals surface area contributed by atoms with E-state index in [2.05, 4.69) is 5.32 Å². The summed E-state index contributed by atoms with van der Waals surface area (Å²) in [7, 11) is -3.42. The normalized spacial score (nSPS) is 33.6. The molecule has 5 nitrogen and oxygen atoms in total. The molecule has 2 unspecified atom stereocenters. The Morgan fingerprint density at radius 1 is 1.50 bits per heavy atom. The fraction of sp³-hybridized carbons (Fsp3) is 0.900. The van der Waals surface area contributed by atoms with Crippen LogP contribution < -0.4 is 5.32 Å². The Bertz CT molecular complexity index is 424. The number of nitriles is 1. The first-order valence-corrected chi connectivity index (χ1v) is 7.08. The maximum atomic E-state index is 12.0. The zero-order valence-electron chi connectivity index (χ0n) is 9.60. The van der Waals surface area contributed by atoms with Gasteiger partial charge in [-0.2, -0.15) is 9.57 Å². The maximum Gasteiger partial charge on any atom is 0.228 e. The number of hydrogen-bond acceptors (Lipinski definition) is 4. The van der Waals surface area contributed by atoms with E-state index in [4.69, 9.17) is 5.26 Å². The summed E-state index contributed by atoms with van der Waals surface area (Å²) in [6.45, 7) is 6.22. The van der Waals surface area contributed by atoms with E-state index >= 15 is 0 Å². The molecule has 90 valence electrons. The summed E-state index contributed by atoms with van der Waals surface area (Å²) in [5, 5.41) is 11.9. The highest BCUT2D eigenvalue weighted by molar-refractivity contribution is 7.89. The lowest BCUT2D eigenvalue weighted by Gasteiger charge is -2.34. The Balaban J connectivity index is 2.29. The summed E-state index contributed by atoms with van der Waals surface area (Å²) in [4.78, 5) is 0. The van der Waals surface area contributed by atoms with Gasteiger partial charge in [0, 0.05) is 18.6 Å². The van der Waals surface area contributed by atoms with Gasteiger partial charge in [-0.15, -0.1) is 0 Å². The van der Waals surface area contributed by atoms with Crippen LogP contribution in [0.4, 0.5) is 0 Å². The molecule has 6 heteroatoms. The summed E-state index contributed by atoms with van der Waals surface area (Å²) in [5.74, 6) is 0.341. The highest BCUT2D eigenvalue weighted by Gasteiger charge is 2.53. The number of fused-ring (bicyclic) bond motifs is 1. The third kappa shape index (κ3) is 1.63. The van der Waals surface area contributed by atoms with Crippen LogP contribution >= 0.6 is 0 Å². The average Bonchev–Trinajstić information content (AvgIpc) is 2.68. The Kier molecular flexibility index (Phi) is 2.73. The largest absolute Gasteiger partial charge is 0.316 e. The van der Waals surface area contributed by atoms with E-state index in [-0.39, 0.29) is 5.54 Å². The van der Waals surface area contributed by atoms with Crippen molar-refractivity contribution in [1.29, 1.82) is 5.26 Å². The molecule has 0 aromatic heterocycles. The number of sulfonamides is 1. The third-order valence-electron chi connectivity index (χ3n) is 3.87. The van der Waals surface area contributed by atoms with Gasteiger partial charge in [0.2, 0.25) is 10.0 Å². The van der Waals surface area contributed by atoms with Crippen molar-refractivity contribution in [2.24, 2.45) is 11.8 Å². The molecule has 0 amide bonds. The highest BCUT2D eigenvalue weighted by atomic mass is 32.2. The molecule has 2 rings (SSSR count). The summed E-state index contributed by atoms with van der Waals surface area (Å²) < 4.78 is 25.5. The van der Waals surface area contributed by atoms with E-state index in [0.717, 1.165) is 13.1 Å².